The highest BCUT2D eigenvalue weighted by atomic mass is 32.1. The van der Waals surface area contributed by atoms with Crippen molar-refractivity contribution in [3.8, 4) is 5.75 Å². The minimum absolute atomic E-state index is 0.0353. The van der Waals surface area contributed by atoms with Gasteiger partial charge in [0.15, 0.2) is 0 Å². The molecular formula is C22H21N3OS. The number of hydrogen-bond acceptors (Lipinski definition) is 3. The third-order valence-electron chi connectivity index (χ3n) is 5.65. The van der Waals surface area contributed by atoms with Crippen molar-refractivity contribution in [1.29, 1.82) is 0 Å². The third-order valence-corrected chi connectivity index (χ3v) is 6.07. The Kier molecular flexibility index (Phi) is 3.97. The third kappa shape index (κ3) is 2.65. The van der Waals surface area contributed by atoms with Crippen LogP contribution in [0.5, 0.6) is 5.75 Å². The van der Waals surface area contributed by atoms with Crippen LogP contribution in [0.15, 0.2) is 55.1 Å². The van der Waals surface area contributed by atoms with Crippen LogP contribution in [-0.2, 0) is 12.8 Å². The molecular weight excluding hydrogens is 354 g/mol. The minimum Gasteiger partial charge on any atom is -0.496 e. The van der Waals surface area contributed by atoms with Gasteiger partial charge in [0.25, 0.3) is 0 Å². The van der Waals surface area contributed by atoms with E-state index in [0.29, 0.717) is 0 Å². The predicted octanol–water partition coefficient (Wildman–Crippen LogP) is 4.17. The molecule has 1 unspecified atom stereocenters. The first kappa shape index (κ1) is 16.5. The lowest BCUT2D eigenvalue weighted by atomic mass is 9.91. The lowest BCUT2D eigenvalue weighted by molar-refractivity contribution is 0.405. The molecule has 0 N–H and O–H groups in total. The van der Waals surface area contributed by atoms with E-state index in [9.17, 15) is 0 Å². The Labute approximate surface area is 164 Å². The second kappa shape index (κ2) is 6.50. The molecule has 2 aliphatic rings. The Balaban J connectivity index is 1.69. The van der Waals surface area contributed by atoms with Crippen LogP contribution in [0.2, 0.25) is 0 Å². The lowest BCUT2D eigenvalue weighted by Gasteiger charge is -2.29. The van der Waals surface area contributed by atoms with Crippen molar-refractivity contribution in [3.05, 3.63) is 77.4 Å². The monoisotopic (exact) mass is 375 g/mol. The number of ether oxygens (including phenoxy) is 1. The molecule has 5 rings (SSSR count). The van der Waals surface area contributed by atoms with Crippen molar-refractivity contribution in [3.63, 3.8) is 0 Å². The minimum atomic E-state index is 0.0353. The summed E-state index contributed by atoms with van der Waals surface area (Å²) in [5.41, 5.74) is 6.60. The standard InChI is InChI=1S/C22H21N3OS/c1-26-19-5-3-2-4-18(19)22(24-11-9-23-14-24)17-12-15-6-7-20(27)25-10-8-16(13-17)21(15)25/h2-5,9,11-14,22H,6-8,10H2,1H3. The van der Waals surface area contributed by atoms with Crippen LogP contribution in [0.1, 0.15) is 34.7 Å². The van der Waals surface area contributed by atoms with Gasteiger partial charge < -0.3 is 14.2 Å². The van der Waals surface area contributed by atoms with Crippen LogP contribution in [0.25, 0.3) is 0 Å². The molecule has 1 aromatic heterocycles. The van der Waals surface area contributed by atoms with Gasteiger partial charge in [0.1, 0.15) is 5.75 Å². The predicted molar refractivity (Wildman–Crippen MR) is 111 cm³/mol. The molecule has 0 radical (unpaired) electrons. The number of benzene rings is 2. The van der Waals surface area contributed by atoms with Crippen molar-refractivity contribution in [1.82, 2.24) is 9.55 Å². The normalized spacial score (nSPS) is 16.3. The van der Waals surface area contributed by atoms with Gasteiger partial charge >= 0.3 is 0 Å². The summed E-state index contributed by atoms with van der Waals surface area (Å²) in [7, 11) is 1.73. The molecule has 3 aromatic rings. The zero-order valence-electron chi connectivity index (χ0n) is 15.3. The number of rotatable bonds is 4. The maximum Gasteiger partial charge on any atom is 0.124 e. The first-order valence-electron chi connectivity index (χ1n) is 9.32. The van der Waals surface area contributed by atoms with Gasteiger partial charge in [-0.2, -0.15) is 0 Å². The van der Waals surface area contributed by atoms with Crippen molar-refractivity contribution in [2.45, 2.75) is 25.3 Å². The molecule has 0 spiro atoms. The van der Waals surface area contributed by atoms with E-state index in [1.807, 2.05) is 30.9 Å². The maximum absolute atomic E-state index is 5.68. The fraction of sp³-hybridized carbons (Fsp3) is 0.273. The number of aryl methyl sites for hydroxylation is 1. The smallest absolute Gasteiger partial charge is 0.124 e. The molecule has 0 fully saturated rings. The highest BCUT2D eigenvalue weighted by molar-refractivity contribution is 7.80. The largest absolute Gasteiger partial charge is 0.496 e. The molecule has 5 heteroatoms. The zero-order valence-corrected chi connectivity index (χ0v) is 16.1. The van der Waals surface area contributed by atoms with Gasteiger partial charge in [0.2, 0.25) is 0 Å². The number of nitrogens with zero attached hydrogens (tertiary/aromatic N) is 3. The summed E-state index contributed by atoms with van der Waals surface area (Å²) < 4.78 is 7.84. The van der Waals surface area contributed by atoms with E-state index in [2.05, 4.69) is 38.7 Å². The number of imidazole rings is 1. The molecule has 0 saturated carbocycles. The summed E-state index contributed by atoms with van der Waals surface area (Å²) >= 11 is 5.59. The average Bonchev–Trinajstić information content (AvgIpc) is 3.36. The number of methoxy groups -OCH3 is 1. The maximum atomic E-state index is 5.68. The lowest BCUT2D eigenvalue weighted by Crippen LogP contribution is -2.31. The van der Waals surface area contributed by atoms with E-state index < -0.39 is 0 Å². The molecule has 136 valence electrons. The van der Waals surface area contributed by atoms with Crippen LogP contribution >= 0.6 is 12.2 Å². The topological polar surface area (TPSA) is 30.3 Å². The fourth-order valence-corrected chi connectivity index (χ4v) is 4.75. The Bertz CT molecular complexity index is 1010. The number of thiocarbonyl (C=S) groups is 1. The summed E-state index contributed by atoms with van der Waals surface area (Å²) in [5, 5.41) is 0. The molecule has 3 heterocycles. The highest BCUT2D eigenvalue weighted by Gasteiger charge is 2.31. The SMILES string of the molecule is COc1ccccc1C(c1cc2c3c(c1)CCN3C(=S)CC2)n1ccnc1. The molecule has 0 amide bonds. The first-order valence-corrected chi connectivity index (χ1v) is 9.73. The Morgan fingerprint density at radius 3 is 2.70 bits per heavy atom. The second-order valence-corrected chi connectivity index (χ2v) is 7.61. The van der Waals surface area contributed by atoms with Crippen molar-refractivity contribution in [2.75, 3.05) is 18.6 Å². The van der Waals surface area contributed by atoms with Gasteiger partial charge in [-0.25, -0.2) is 4.98 Å². The van der Waals surface area contributed by atoms with Crippen LogP contribution in [0.3, 0.4) is 0 Å². The Morgan fingerprint density at radius 2 is 1.93 bits per heavy atom. The number of anilines is 1. The Morgan fingerprint density at radius 1 is 1.11 bits per heavy atom. The molecule has 2 aliphatic heterocycles. The van der Waals surface area contributed by atoms with Gasteiger partial charge in [-0.05, 0) is 35.6 Å². The van der Waals surface area contributed by atoms with Crippen LogP contribution in [0, 0.1) is 0 Å². The second-order valence-electron chi connectivity index (χ2n) is 7.14. The summed E-state index contributed by atoms with van der Waals surface area (Å²) in [5.74, 6) is 0.896. The molecule has 0 saturated heterocycles. The fourth-order valence-electron chi connectivity index (χ4n) is 4.47. The summed E-state index contributed by atoms with van der Waals surface area (Å²) in [6.07, 6.45) is 8.79. The molecule has 2 aromatic carbocycles. The van der Waals surface area contributed by atoms with Crippen molar-refractivity contribution in [2.24, 2.45) is 0 Å². The van der Waals surface area contributed by atoms with Gasteiger partial charge in [0.05, 0.1) is 24.5 Å². The molecule has 0 bridgehead atoms. The van der Waals surface area contributed by atoms with Crippen molar-refractivity contribution >= 4 is 22.9 Å². The average molecular weight is 375 g/mol. The molecule has 4 nitrogen and oxygen atoms in total. The first-order chi connectivity index (χ1) is 13.3. The van der Waals surface area contributed by atoms with Gasteiger partial charge in [-0.3, -0.25) is 0 Å². The summed E-state index contributed by atoms with van der Waals surface area (Å²) in [6, 6.07) is 13.0. The van der Waals surface area contributed by atoms with Gasteiger partial charge in [0, 0.05) is 36.6 Å². The molecule has 0 aliphatic carbocycles. The number of aromatic nitrogens is 2. The van der Waals surface area contributed by atoms with Gasteiger partial charge in [-0.1, -0.05) is 42.5 Å². The quantitative estimate of drug-likeness (QED) is 0.641. The highest BCUT2D eigenvalue weighted by Crippen LogP contribution is 2.41. The molecule has 27 heavy (non-hydrogen) atoms. The van der Waals surface area contributed by atoms with Crippen LogP contribution in [-0.4, -0.2) is 28.2 Å². The van der Waals surface area contributed by atoms with Crippen molar-refractivity contribution < 1.29 is 4.74 Å². The number of para-hydroxylation sites is 1. The number of hydrogen-bond donors (Lipinski definition) is 0. The van der Waals surface area contributed by atoms with E-state index in [-0.39, 0.29) is 6.04 Å². The van der Waals surface area contributed by atoms with E-state index in [1.165, 1.54) is 22.4 Å². The summed E-state index contributed by atoms with van der Waals surface area (Å²) in [4.78, 5) is 7.72. The molecule has 1 atom stereocenters. The van der Waals surface area contributed by atoms with Crippen LogP contribution < -0.4 is 9.64 Å². The Hall–Kier alpha value is -2.66. The summed E-state index contributed by atoms with van der Waals surface area (Å²) in [6.45, 7) is 1.01. The van der Waals surface area contributed by atoms with E-state index in [0.717, 1.165) is 42.1 Å². The van der Waals surface area contributed by atoms with E-state index in [1.54, 1.807) is 7.11 Å². The van der Waals surface area contributed by atoms with E-state index in [4.69, 9.17) is 17.0 Å². The van der Waals surface area contributed by atoms with Crippen LogP contribution in [0.4, 0.5) is 5.69 Å². The zero-order chi connectivity index (χ0) is 18.4. The van der Waals surface area contributed by atoms with Gasteiger partial charge in [-0.15, -0.1) is 0 Å². The van der Waals surface area contributed by atoms with E-state index >= 15 is 0 Å².